The smallest absolute Gasteiger partial charge is 0.234 e. The minimum atomic E-state index is -0.262. The molecule has 22 heavy (non-hydrogen) atoms. The number of carbonyl (C=O) groups excluding carboxylic acids is 1. The monoisotopic (exact) mass is 331 g/mol. The number of thioether (sulfide) groups is 1. The van der Waals surface area contributed by atoms with Crippen LogP contribution in [0.3, 0.4) is 0 Å². The summed E-state index contributed by atoms with van der Waals surface area (Å²) in [4.78, 5) is 12.0. The third-order valence-electron chi connectivity index (χ3n) is 2.71. The second kappa shape index (κ2) is 6.05. The number of benzene rings is 1. The van der Waals surface area contributed by atoms with Gasteiger partial charge in [0.25, 0.3) is 0 Å². The summed E-state index contributed by atoms with van der Waals surface area (Å²) in [5.74, 6) is -0.0412. The fourth-order valence-corrected chi connectivity index (χ4v) is 3.27. The minimum absolute atomic E-state index is 0.0831. The summed E-state index contributed by atoms with van der Waals surface area (Å²) in [7, 11) is 0. The number of nitrogen functional groups attached to an aromatic ring is 1. The summed E-state index contributed by atoms with van der Waals surface area (Å²) in [6.07, 6.45) is 0. The predicted molar refractivity (Wildman–Crippen MR) is 84.6 cm³/mol. The molecule has 0 saturated heterocycles. The molecule has 0 spiro atoms. The average molecular weight is 331 g/mol. The molecule has 0 fully saturated rings. The first-order chi connectivity index (χ1) is 10.7. The number of amides is 1. The number of fused-ring (bicyclic) bond motifs is 1. The average Bonchev–Trinajstić information content (AvgIpc) is 3.09. The van der Waals surface area contributed by atoms with Gasteiger partial charge in [-0.1, -0.05) is 35.2 Å². The number of para-hydroxylation sites is 1. The van der Waals surface area contributed by atoms with Crippen LogP contribution in [0.2, 0.25) is 0 Å². The highest BCUT2D eigenvalue weighted by Crippen LogP contribution is 2.30. The number of nitrogens with one attached hydrogen (secondary N) is 1. The number of hydrogen-bond acceptors (Lipinski definition) is 8. The van der Waals surface area contributed by atoms with Crippen molar-refractivity contribution in [3.63, 3.8) is 0 Å². The fourth-order valence-electron chi connectivity index (χ4n) is 1.83. The molecule has 0 aliphatic carbocycles. The van der Waals surface area contributed by atoms with Crippen LogP contribution in [0.4, 0.5) is 10.8 Å². The Morgan fingerprint density at radius 3 is 3.00 bits per heavy atom. The quantitative estimate of drug-likeness (QED) is 0.705. The van der Waals surface area contributed by atoms with Gasteiger partial charge in [0.2, 0.25) is 16.8 Å². The van der Waals surface area contributed by atoms with Gasteiger partial charge in [0, 0.05) is 5.39 Å². The van der Waals surface area contributed by atoms with Crippen LogP contribution in [-0.4, -0.2) is 21.9 Å². The molecule has 1 amide bonds. The molecular weight excluding hydrogens is 322 g/mol. The summed E-state index contributed by atoms with van der Waals surface area (Å²) in [6, 6.07) is 9.08. The summed E-state index contributed by atoms with van der Waals surface area (Å²) in [5.41, 5.74) is 6.42. The lowest BCUT2D eigenvalue weighted by molar-refractivity contribution is -0.113. The van der Waals surface area contributed by atoms with E-state index in [0.717, 1.165) is 0 Å². The van der Waals surface area contributed by atoms with Crippen LogP contribution in [-0.2, 0) is 4.79 Å². The van der Waals surface area contributed by atoms with Crippen molar-refractivity contribution in [3.05, 3.63) is 30.0 Å². The molecule has 2 aromatic heterocycles. The van der Waals surface area contributed by atoms with E-state index in [9.17, 15) is 4.79 Å². The van der Waals surface area contributed by atoms with Crippen molar-refractivity contribution in [2.75, 3.05) is 16.8 Å². The summed E-state index contributed by atoms with van der Waals surface area (Å²) < 4.78 is 6.01. The molecule has 3 aromatic rings. The van der Waals surface area contributed by atoms with E-state index in [2.05, 4.69) is 15.5 Å². The molecule has 0 unspecified atom stereocenters. The molecule has 1 aromatic carbocycles. The molecule has 0 radical (unpaired) electrons. The van der Waals surface area contributed by atoms with Crippen LogP contribution >= 0.6 is 23.1 Å². The number of furan rings is 1. The van der Waals surface area contributed by atoms with Crippen molar-refractivity contribution in [1.29, 1.82) is 5.26 Å². The first-order valence-electron chi connectivity index (χ1n) is 6.10. The number of hydrogen-bond donors (Lipinski definition) is 2. The van der Waals surface area contributed by atoms with E-state index in [-0.39, 0.29) is 17.4 Å². The van der Waals surface area contributed by atoms with Crippen molar-refractivity contribution in [3.8, 4) is 6.07 Å². The summed E-state index contributed by atoms with van der Waals surface area (Å²) in [6.45, 7) is 0. The Labute approximate surface area is 133 Å². The zero-order valence-corrected chi connectivity index (χ0v) is 12.7. The number of carbonyl (C=O) groups is 1. The molecule has 2 heterocycles. The Morgan fingerprint density at radius 2 is 2.27 bits per heavy atom. The van der Waals surface area contributed by atoms with E-state index in [4.69, 9.17) is 15.4 Å². The van der Waals surface area contributed by atoms with Crippen molar-refractivity contribution in [2.45, 2.75) is 4.34 Å². The number of nitrogens with two attached hydrogens (primary N) is 1. The van der Waals surface area contributed by atoms with E-state index in [0.29, 0.717) is 26.1 Å². The largest absolute Gasteiger partial charge is 0.443 e. The Kier molecular flexibility index (Phi) is 3.95. The van der Waals surface area contributed by atoms with Gasteiger partial charge in [0.05, 0.1) is 5.75 Å². The van der Waals surface area contributed by atoms with Gasteiger partial charge in [-0.25, -0.2) is 0 Å². The topological polar surface area (TPSA) is 118 Å². The number of anilines is 2. The first-order valence-corrected chi connectivity index (χ1v) is 7.91. The van der Waals surface area contributed by atoms with Crippen molar-refractivity contribution >= 4 is 50.8 Å². The molecule has 3 rings (SSSR count). The lowest BCUT2D eigenvalue weighted by atomic mass is 10.2. The zero-order chi connectivity index (χ0) is 15.5. The fraction of sp³-hybridized carbons (Fsp3) is 0.0769. The van der Waals surface area contributed by atoms with Gasteiger partial charge in [-0.3, -0.25) is 4.79 Å². The molecular formula is C13H9N5O2S2. The predicted octanol–water partition coefficient (Wildman–Crippen LogP) is 2.47. The molecule has 0 saturated carbocycles. The highest BCUT2D eigenvalue weighted by molar-refractivity contribution is 8.01. The normalized spacial score (nSPS) is 10.5. The van der Waals surface area contributed by atoms with Gasteiger partial charge in [-0.15, -0.1) is 10.2 Å². The molecule has 9 heteroatoms. The van der Waals surface area contributed by atoms with Gasteiger partial charge in [0.15, 0.2) is 4.34 Å². The van der Waals surface area contributed by atoms with Gasteiger partial charge in [0.1, 0.15) is 17.3 Å². The van der Waals surface area contributed by atoms with Gasteiger partial charge >= 0.3 is 0 Å². The lowest BCUT2D eigenvalue weighted by Crippen LogP contribution is -2.14. The van der Waals surface area contributed by atoms with Crippen LogP contribution in [0.5, 0.6) is 0 Å². The third kappa shape index (κ3) is 2.88. The van der Waals surface area contributed by atoms with Crippen molar-refractivity contribution in [2.24, 2.45) is 0 Å². The molecule has 0 aliphatic heterocycles. The molecule has 3 N–H and O–H groups in total. The Balaban J connectivity index is 1.75. The second-order valence-electron chi connectivity index (χ2n) is 4.16. The molecule has 110 valence electrons. The molecule has 0 aliphatic rings. The molecule has 0 bridgehead atoms. The van der Waals surface area contributed by atoms with Crippen LogP contribution in [0.1, 0.15) is 5.76 Å². The second-order valence-corrected chi connectivity index (χ2v) is 6.39. The van der Waals surface area contributed by atoms with Crippen LogP contribution in [0.15, 0.2) is 33.0 Å². The first kappa shape index (κ1) is 14.4. The number of rotatable bonds is 4. The standard InChI is InChI=1S/C13H9N5O2S2/c14-5-9-11(7-3-1-2-4-8(7)20-9)16-10(19)6-21-13-18-17-12(15)22-13/h1-4H,6H2,(H2,15,17)(H,16,19). The third-order valence-corrected chi connectivity index (χ3v) is 4.60. The Morgan fingerprint density at radius 1 is 1.45 bits per heavy atom. The van der Waals surface area contributed by atoms with Crippen molar-refractivity contribution < 1.29 is 9.21 Å². The highest BCUT2D eigenvalue weighted by Gasteiger charge is 2.16. The molecule has 0 atom stereocenters. The maximum Gasteiger partial charge on any atom is 0.234 e. The molecule has 7 nitrogen and oxygen atoms in total. The van der Waals surface area contributed by atoms with Crippen molar-refractivity contribution in [1.82, 2.24) is 10.2 Å². The Bertz CT molecular complexity index is 880. The van der Waals surface area contributed by atoms with E-state index in [1.807, 2.05) is 12.1 Å². The summed E-state index contributed by atoms with van der Waals surface area (Å²) in [5, 5.41) is 20.4. The van der Waals surface area contributed by atoms with Crippen LogP contribution < -0.4 is 11.1 Å². The van der Waals surface area contributed by atoms with E-state index >= 15 is 0 Å². The number of aromatic nitrogens is 2. The maximum absolute atomic E-state index is 12.0. The van der Waals surface area contributed by atoms with Gasteiger partial charge in [-0.05, 0) is 12.1 Å². The SMILES string of the molecule is N#Cc1oc2ccccc2c1NC(=O)CSc1nnc(N)s1. The van der Waals surface area contributed by atoms with Crippen LogP contribution in [0.25, 0.3) is 11.0 Å². The van der Waals surface area contributed by atoms with Gasteiger partial charge in [-0.2, -0.15) is 5.26 Å². The van der Waals surface area contributed by atoms with Crippen LogP contribution in [0, 0.1) is 11.3 Å². The van der Waals surface area contributed by atoms with E-state index < -0.39 is 0 Å². The lowest BCUT2D eigenvalue weighted by Gasteiger charge is -2.02. The summed E-state index contributed by atoms with van der Waals surface area (Å²) >= 11 is 2.44. The number of nitriles is 1. The van der Waals surface area contributed by atoms with E-state index in [1.165, 1.54) is 23.1 Å². The number of nitrogens with zero attached hydrogens (tertiary/aromatic N) is 3. The van der Waals surface area contributed by atoms with E-state index in [1.54, 1.807) is 18.2 Å². The minimum Gasteiger partial charge on any atom is -0.443 e. The van der Waals surface area contributed by atoms with Gasteiger partial charge < -0.3 is 15.5 Å². The zero-order valence-electron chi connectivity index (χ0n) is 11.1. The maximum atomic E-state index is 12.0. The highest BCUT2D eigenvalue weighted by atomic mass is 32.2. The Hall–Kier alpha value is -2.57.